The second kappa shape index (κ2) is 7.31. The molecule has 10 heteroatoms. The largest absolute Gasteiger partial charge is 0.334 e. The summed E-state index contributed by atoms with van der Waals surface area (Å²) in [6.45, 7) is -1.99. The number of benzene rings is 1. The predicted octanol–water partition coefficient (Wildman–Crippen LogP) is 3.87. The summed E-state index contributed by atoms with van der Waals surface area (Å²) in [5, 5.41) is 0.742. The van der Waals surface area contributed by atoms with Crippen LogP contribution in [0.25, 0.3) is 16.8 Å². The monoisotopic (exact) mass is 466 g/mol. The molecule has 31 heavy (non-hydrogen) atoms. The summed E-state index contributed by atoms with van der Waals surface area (Å²) in [7, 11) is 0. The highest BCUT2D eigenvalue weighted by molar-refractivity contribution is 6.42. The number of halogens is 4. The quantitative estimate of drug-likeness (QED) is 0.573. The van der Waals surface area contributed by atoms with Crippen molar-refractivity contribution in [1.82, 2.24) is 18.9 Å². The van der Waals surface area contributed by atoms with E-state index in [1.807, 2.05) is 0 Å². The van der Waals surface area contributed by atoms with Gasteiger partial charge >= 0.3 is 0 Å². The molecule has 1 aliphatic carbocycles. The van der Waals surface area contributed by atoms with Crippen molar-refractivity contribution in [3.8, 4) is 11.3 Å². The molecule has 1 saturated heterocycles. The molecule has 0 radical (unpaired) electrons. The Bertz CT molecular complexity index is 1260. The van der Waals surface area contributed by atoms with Gasteiger partial charge in [0, 0.05) is 23.9 Å². The minimum Gasteiger partial charge on any atom is -0.334 e. The van der Waals surface area contributed by atoms with Crippen molar-refractivity contribution < 1.29 is 13.6 Å². The molecule has 2 aliphatic rings. The number of rotatable bonds is 5. The molecule has 0 spiro atoms. The van der Waals surface area contributed by atoms with Crippen LogP contribution < -0.4 is 5.56 Å². The van der Waals surface area contributed by atoms with Crippen LogP contribution in [0.4, 0.5) is 8.78 Å². The lowest BCUT2D eigenvalue weighted by atomic mass is 9.98. The summed E-state index contributed by atoms with van der Waals surface area (Å²) < 4.78 is 29.5. The number of alkyl halides is 2. The van der Waals surface area contributed by atoms with Gasteiger partial charge in [0.25, 0.3) is 5.56 Å². The first-order valence-corrected chi connectivity index (χ1v) is 10.6. The maximum atomic E-state index is 13.8. The Balaban J connectivity index is 1.55. The van der Waals surface area contributed by atoms with Gasteiger partial charge in [0.2, 0.25) is 5.91 Å². The second-order valence-corrected chi connectivity index (χ2v) is 9.02. The van der Waals surface area contributed by atoms with Crippen molar-refractivity contribution in [3.63, 3.8) is 0 Å². The summed E-state index contributed by atoms with van der Waals surface area (Å²) in [5.74, 6) is 0.631. The van der Waals surface area contributed by atoms with Crippen LogP contribution in [0.2, 0.25) is 10.0 Å². The molecule has 0 bridgehead atoms. The van der Waals surface area contributed by atoms with Gasteiger partial charge in [-0.1, -0.05) is 29.3 Å². The zero-order valence-corrected chi connectivity index (χ0v) is 17.8. The lowest BCUT2D eigenvalue weighted by molar-refractivity contribution is -0.147. The highest BCUT2D eigenvalue weighted by Crippen LogP contribution is 2.41. The molecule has 1 amide bonds. The molecule has 1 aliphatic heterocycles. The van der Waals surface area contributed by atoms with Crippen LogP contribution in [0, 0.1) is 0 Å². The van der Waals surface area contributed by atoms with Crippen LogP contribution in [0.15, 0.2) is 35.4 Å². The number of carbonyl (C=O) groups excluding carboxylic acids is 1. The van der Waals surface area contributed by atoms with Gasteiger partial charge < -0.3 is 9.47 Å². The molecule has 3 heterocycles. The fraction of sp³-hybridized carbons (Fsp3) is 0.381. The van der Waals surface area contributed by atoms with E-state index in [1.54, 1.807) is 28.8 Å². The minimum absolute atomic E-state index is 0.261. The van der Waals surface area contributed by atoms with E-state index in [-0.39, 0.29) is 25.6 Å². The van der Waals surface area contributed by atoms with Gasteiger partial charge in [-0.25, -0.2) is 13.8 Å². The number of carbonyl (C=O) groups is 1. The summed E-state index contributed by atoms with van der Waals surface area (Å²) in [6.07, 6.45) is 5.23. The van der Waals surface area contributed by atoms with E-state index >= 15 is 0 Å². The van der Waals surface area contributed by atoms with E-state index in [4.69, 9.17) is 28.2 Å². The fourth-order valence-electron chi connectivity index (χ4n) is 3.90. The lowest BCUT2D eigenvalue weighted by Crippen LogP contribution is -2.62. The van der Waals surface area contributed by atoms with Gasteiger partial charge in [-0.3, -0.25) is 14.0 Å². The van der Waals surface area contributed by atoms with E-state index in [1.165, 1.54) is 15.7 Å². The third kappa shape index (κ3) is 3.51. The van der Waals surface area contributed by atoms with Crippen molar-refractivity contribution in [2.24, 2.45) is 0 Å². The van der Waals surface area contributed by atoms with E-state index in [0.717, 1.165) is 18.7 Å². The van der Waals surface area contributed by atoms with E-state index in [9.17, 15) is 18.4 Å². The van der Waals surface area contributed by atoms with Crippen LogP contribution in [0.3, 0.4) is 0 Å². The average Bonchev–Trinajstić information content (AvgIpc) is 3.50. The van der Waals surface area contributed by atoms with Gasteiger partial charge in [0.1, 0.15) is 30.3 Å². The van der Waals surface area contributed by atoms with Crippen molar-refractivity contribution >= 4 is 34.6 Å². The Hall–Kier alpha value is -2.45. The Kier molecular flexibility index (Phi) is 4.82. The van der Waals surface area contributed by atoms with E-state index in [2.05, 4.69) is 0 Å². The Morgan fingerprint density at radius 1 is 1.19 bits per heavy atom. The molecular weight excluding hydrogens is 449 g/mol. The molecule has 2 aromatic heterocycles. The van der Waals surface area contributed by atoms with Gasteiger partial charge in [-0.05, 0) is 25.0 Å². The number of hydrogen-bond donors (Lipinski definition) is 0. The highest BCUT2D eigenvalue weighted by atomic mass is 35.5. The maximum absolute atomic E-state index is 13.8. The van der Waals surface area contributed by atoms with Crippen LogP contribution in [0.5, 0.6) is 0 Å². The molecular formula is C21H18Cl2F2N4O2. The van der Waals surface area contributed by atoms with Crippen LogP contribution in [-0.4, -0.2) is 50.2 Å². The van der Waals surface area contributed by atoms with Gasteiger partial charge in [0.15, 0.2) is 5.67 Å². The smallest absolute Gasteiger partial charge is 0.277 e. The average molecular weight is 467 g/mol. The van der Waals surface area contributed by atoms with E-state index < -0.39 is 23.8 Å². The number of hydrogen-bond acceptors (Lipinski definition) is 3. The number of likely N-dealkylation sites (tertiary alicyclic amines) is 1. The summed E-state index contributed by atoms with van der Waals surface area (Å²) in [4.78, 5) is 31.7. The molecule has 5 rings (SSSR count). The first kappa shape index (κ1) is 20.5. The summed E-state index contributed by atoms with van der Waals surface area (Å²) in [5.41, 5.74) is -0.920. The molecule has 6 nitrogen and oxygen atoms in total. The van der Waals surface area contributed by atoms with Crippen LogP contribution in [0.1, 0.15) is 24.6 Å². The molecule has 1 saturated carbocycles. The predicted molar refractivity (Wildman–Crippen MR) is 113 cm³/mol. The van der Waals surface area contributed by atoms with E-state index in [0.29, 0.717) is 26.8 Å². The molecule has 0 atom stereocenters. The number of aromatic nitrogens is 3. The number of imidazole rings is 1. The van der Waals surface area contributed by atoms with Gasteiger partial charge in [0.05, 0.1) is 23.1 Å². The van der Waals surface area contributed by atoms with Crippen molar-refractivity contribution in [2.45, 2.75) is 31.0 Å². The number of nitrogens with zero attached hydrogens (tertiary/aromatic N) is 4. The fourth-order valence-corrected chi connectivity index (χ4v) is 4.20. The lowest BCUT2D eigenvalue weighted by Gasteiger charge is -2.42. The SMILES string of the molecule is O=C(Cn1ccn2c(C3CC3)nc(-c3ccc(Cl)c(Cl)c3)c2c1=O)N1CC(F)(CF)C1. The minimum atomic E-state index is -1.98. The third-order valence-corrected chi connectivity index (χ3v) is 6.52. The third-order valence-electron chi connectivity index (χ3n) is 5.78. The molecule has 162 valence electrons. The first-order chi connectivity index (χ1) is 14.8. The zero-order chi connectivity index (χ0) is 21.9. The van der Waals surface area contributed by atoms with Crippen LogP contribution in [-0.2, 0) is 11.3 Å². The maximum Gasteiger partial charge on any atom is 0.277 e. The van der Waals surface area contributed by atoms with Gasteiger partial charge in [-0.15, -0.1) is 0 Å². The molecule has 2 fully saturated rings. The molecule has 1 aromatic carbocycles. The summed E-state index contributed by atoms with van der Waals surface area (Å²) in [6, 6.07) is 5.04. The molecule has 0 unspecified atom stereocenters. The first-order valence-electron chi connectivity index (χ1n) is 9.89. The highest BCUT2D eigenvalue weighted by Gasteiger charge is 2.46. The van der Waals surface area contributed by atoms with Crippen molar-refractivity contribution in [2.75, 3.05) is 19.8 Å². The molecule has 3 aromatic rings. The Morgan fingerprint density at radius 3 is 2.58 bits per heavy atom. The normalized spacial score (nSPS) is 17.7. The topological polar surface area (TPSA) is 59.6 Å². The van der Waals surface area contributed by atoms with Crippen molar-refractivity contribution in [1.29, 1.82) is 0 Å². The number of fused-ring (bicyclic) bond motifs is 1. The summed E-state index contributed by atoms with van der Waals surface area (Å²) >= 11 is 12.2. The van der Waals surface area contributed by atoms with Gasteiger partial charge in [-0.2, -0.15) is 0 Å². The Labute approximate surface area is 186 Å². The zero-order valence-electron chi connectivity index (χ0n) is 16.3. The van der Waals surface area contributed by atoms with Crippen LogP contribution >= 0.6 is 23.2 Å². The Morgan fingerprint density at radius 2 is 1.94 bits per heavy atom. The van der Waals surface area contributed by atoms with Crippen molar-refractivity contribution in [3.05, 3.63) is 56.8 Å². The number of amides is 1. The second-order valence-electron chi connectivity index (χ2n) is 8.21. The standard InChI is InChI=1S/C21H18Cl2F2N4O2/c22-14-4-3-13(7-15(14)23)17-18-20(31)27(5-6-29(18)19(26-17)12-1-2-12)8-16(30)28-10-21(25,9-24)11-28/h3-7,12H,1-2,8-11H2. The molecule has 0 N–H and O–H groups in total.